The van der Waals surface area contributed by atoms with Gasteiger partial charge in [-0.1, -0.05) is 251 Å². The van der Waals surface area contributed by atoms with Gasteiger partial charge in [-0.3, -0.25) is 0 Å². The minimum absolute atomic E-state index is 0.0126. The Morgan fingerprint density at radius 2 is 0.504 bits per heavy atom. The third-order valence-corrected chi connectivity index (χ3v) is 19.2. The van der Waals surface area contributed by atoms with Gasteiger partial charge in [0.15, 0.2) is 40.7 Å². The molecule has 0 N–H and O–H groups in total. The Balaban J connectivity index is 0.000000148. The molecule has 0 saturated carbocycles. The van der Waals surface area contributed by atoms with Gasteiger partial charge in [-0.2, -0.15) is 0 Å². The predicted molar refractivity (Wildman–Crippen MR) is 445 cm³/mol. The van der Waals surface area contributed by atoms with Gasteiger partial charge in [0.2, 0.25) is 5.75 Å². The fourth-order valence-corrected chi connectivity index (χ4v) is 12.3. The summed E-state index contributed by atoms with van der Waals surface area (Å²) >= 11 is 5.45. The van der Waals surface area contributed by atoms with Crippen molar-refractivity contribution >= 4 is 11.6 Å². The second-order valence-corrected chi connectivity index (χ2v) is 28.4. The molecule has 0 aromatic heterocycles. The Labute approximate surface area is 693 Å². The van der Waals surface area contributed by atoms with Gasteiger partial charge in [0.25, 0.3) is 0 Å². The SMILES string of the molecule is Cc1ccc(-c2ccc(-c3cc(F)c(Cl)c(F)c3)c(F)c2)cc1.Cc1ccc(-c2ccc(-c3cc(F)c(F)c(F)c3)c(F)c2)cc1.Cc1ccc(-c2ccc(-c3cc(F)c(OC(F)(F)F)c(F)c3)c(F)c2)cc1.Cc1ccc(-c2ccc(C#Cc3c(F)cc(C)cc3F)cc2)cc1.Cc1ccc(-c2ccc(C#Cc3ccc(C)c(F)c3F)cc2)cc1. The zero-order valence-corrected chi connectivity index (χ0v) is 66.1. The molecule has 0 aliphatic heterocycles. The van der Waals surface area contributed by atoms with E-state index in [0.717, 1.165) is 85.5 Å². The number of aryl methyl sites for hydroxylation is 7. The standard InChI is InChI=1S/2C22H16F2.C20H12F6O.C19H12ClF3.C19H12F4/c1-15-3-9-18(10-4-15)19-12-6-17(7-13-19)8-14-20-11-5-16(2)21(23)22(20)24;1-15-3-8-18(9-4-15)19-10-5-17(6-11-19)7-12-20-21(23)13-16(2)14-22(20)24;1-11-2-4-12(5-3-11)13-6-7-15(16(21)8-13)14-9-17(22)19(18(23)10-14)27-20(24,25)26;1-11-2-4-12(5-3-11)13-6-7-15(16(21)8-13)14-9-17(22)19(20)18(23)10-14;1-11-2-4-12(5-3-11)13-6-7-15(16(20)8-13)14-9-17(21)19(23)18(22)10-14/h3-7,9-13H,1-2H3;3-6,8-11,13-14H,1-2H3;2-10H,1H3;2*2-10H,1H3. The number of rotatable bonds is 9. The lowest BCUT2D eigenvalue weighted by Crippen LogP contribution is -2.19. The summed E-state index contributed by atoms with van der Waals surface area (Å²) in [5, 5.41) is -0.592. The van der Waals surface area contributed by atoms with Crippen molar-refractivity contribution in [3.63, 3.8) is 0 Å². The average molecular weight is 1670 g/mol. The number of alkyl halides is 3. The summed E-state index contributed by atoms with van der Waals surface area (Å²) in [5.74, 6) is -4.76. The van der Waals surface area contributed by atoms with E-state index in [4.69, 9.17) is 11.6 Å². The van der Waals surface area contributed by atoms with Gasteiger partial charge in [0.05, 0.1) is 11.1 Å². The van der Waals surface area contributed by atoms with Crippen LogP contribution in [0.5, 0.6) is 5.75 Å². The van der Waals surface area contributed by atoms with Crippen molar-refractivity contribution in [1.82, 2.24) is 0 Å². The molecule has 0 bridgehead atoms. The summed E-state index contributed by atoms with van der Waals surface area (Å²) < 4.78 is 232. The lowest BCUT2D eigenvalue weighted by Gasteiger charge is -2.12. The van der Waals surface area contributed by atoms with Gasteiger partial charge >= 0.3 is 6.36 Å². The fraction of sp³-hybridized carbons (Fsp3) is 0.0784. The van der Waals surface area contributed by atoms with Crippen molar-refractivity contribution < 1.29 is 79.4 Å². The molecule has 15 aromatic carbocycles. The van der Waals surface area contributed by atoms with E-state index in [1.165, 1.54) is 78.7 Å². The molecule has 15 aromatic rings. The van der Waals surface area contributed by atoms with E-state index < -0.39 is 98.6 Å². The Kier molecular flexibility index (Phi) is 28.6. The summed E-state index contributed by atoms with van der Waals surface area (Å²) in [7, 11) is 0. The average Bonchev–Trinajstić information content (AvgIpc) is 0.802. The van der Waals surface area contributed by atoms with Crippen molar-refractivity contribution in [2.75, 3.05) is 0 Å². The number of halogens is 18. The van der Waals surface area contributed by atoms with Gasteiger partial charge in [-0.25, -0.2) is 61.5 Å². The zero-order valence-electron chi connectivity index (χ0n) is 65.3. The van der Waals surface area contributed by atoms with E-state index in [1.54, 1.807) is 37.3 Å². The van der Waals surface area contributed by atoms with Crippen LogP contribution in [0, 0.1) is 154 Å². The highest BCUT2D eigenvalue weighted by Gasteiger charge is 2.34. The first-order valence-electron chi connectivity index (χ1n) is 37.1. The summed E-state index contributed by atoms with van der Waals surface area (Å²) in [6, 6.07) is 77.7. The summed E-state index contributed by atoms with van der Waals surface area (Å²) in [5.41, 5.74) is 16.4. The third-order valence-electron chi connectivity index (χ3n) is 18.9. The third kappa shape index (κ3) is 23.2. The van der Waals surface area contributed by atoms with Gasteiger partial charge in [0, 0.05) is 27.8 Å². The van der Waals surface area contributed by atoms with Gasteiger partial charge in [-0.05, 0) is 229 Å². The quantitative estimate of drug-likeness (QED) is 0.0795. The predicted octanol–water partition coefficient (Wildman–Crippen LogP) is 30.2. The second-order valence-electron chi connectivity index (χ2n) is 28.1. The molecule has 0 fully saturated rings. The lowest BCUT2D eigenvalue weighted by atomic mass is 9.99. The minimum Gasteiger partial charge on any atom is -0.399 e. The van der Waals surface area contributed by atoms with Crippen LogP contribution in [0.4, 0.5) is 74.6 Å². The molecule has 0 aliphatic carbocycles. The Bertz CT molecular complexity index is 6140. The van der Waals surface area contributed by atoms with Crippen LogP contribution in [0.1, 0.15) is 61.2 Å². The van der Waals surface area contributed by atoms with E-state index in [2.05, 4.69) is 83.9 Å². The largest absolute Gasteiger partial charge is 0.573 e. The topological polar surface area (TPSA) is 9.23 Å². The van der Waals surface area contributed by atoms with Crippen LogP contribution in [-0.2, 0) is 0 Å². The van der Waals surface area contributed by atoms with Crippen LogP contribution in [0.25, 0.3) is 89.0 Å². The summed E-state index contributed by atoms with van der Waals surface area (Å²) in [6.07, 6.45) is -5.25. The molecule has 0 amide bonds. The molecule has 1 nitrogen and oxygen atoms in total. The maximum atomic E-state index is 14.5. The van der Waals surface area contributed by atoms with E-state index in [1.807, 2.05) is 137 Å². The summed E-state index contributed by atoms with van der Waals surface area (Å²) in [4.78, 5) is 0. The molecule has 0 atom stereocenters. The molecular weight excluding hydrogens is 1600 g/mol. The van der Waals surface area contributed by atoms with E-state index in [-0.39, 0.29) is 50.1 Å². The number of benzene rings is 15. The monoisotopic (exact) mass is 1670 g/mol. The number of hydrogen-bond acceptors (Lipinski definition) is 1. The molecule has 19 heteroatoms. The highest BCUT2D eigenvalue weighted by Crippen LogP contribution is 2.38. The molecule has 15 rings (SSSR count). The van der Waals surface area contributed by atoms with E-state index >= 15 is 0 Å². The smallest absolute Gasteiger partial charge is 0.399 e. The van der Waals surface area contributed by atoms with Crippen LogP contribution in [0.3, 0.4) is 0 Å². The summed E-state index contributed by atoms with van der Waals surface area (Å²) in [6.45, 7) is 13.1. The molecule has 0 heterocycles. The van der Waals surface area contributed by atoms with Crippen LogP contribution in [0.15, 0.2) is 285 Å². The Hall–Kier alpha value is -13.7. The Morgan fingerprint density at radius 3 is 0.818 bits per heavy atom. The highest BCUT2D eigenvalue weighted by atomic mass is 35.5. The van der Waals surface area contributed by atoms with Crippen molar-refractivity contribution in [3.05, 3.63) is 433 Å². The molecule has 0 unspecified atom stereocenters. The highest BCUT2D eigenvalue weighted by molar-refractivity contribution is 6.31. The molecule has 0 saturated heterocycles. The molecule has 0 radical (unpaired) electrons. The molecule has 121 heavy (non-hydrogen) atoms. The second kappa shape index (κ2) is 39.3. The minimum atomic E-state index is -5.25. The van der Waals surface area contributed by atoms with Crippen LogP contribution < -0.4 is 4.74 Å². The van der Waals surface area contributed by atoms with Crippen molar-refractivity contribution in [3.8, 4) is 118 Å². The maximum Gasteiger partial charge on any atom is 0.573 e. The van der Waals surface area contributed by atoms with Crippen LogP contribution >= 0.6 is 11.6 Å². The lowest BCUT2D eigenvalue weighted by molar-refractivity contribution is -0.276. The first-order chi connectivity index (χ1) is 57.6. The normalized spacial score (nSPS) is 10.7. The van der Waals surface area contributed by atoms with E-state index in [0.29, 0.717) is 39.9 Å². The van der Waals surface area contributed by atoms with Crippen LogP contribution in [0.2, 0.25) is 5.02 Å². The zero-order chi connectivity index (χ0) is 87.1. The number of ether oxygens (including phenoxy) is 1. The molecule has 0 aliphatic rings. The molecule has 0 spiro atoms. The number of hydrogen-bond donors (Lipinski definition) is 0. The van der Waals surface area contributed by atoms with Gasteiger partial charge < -0.3 is 4.74 Å². The van der Waals surface area contributed by atoms with Crippen molar-refractivity contribution in [2.24, 2.45) is 0 Å². The maximum absolute atomic E-state index is 14.5. The van der Waals surface area contributed by atoms with E-state index in [9.17, 15) is 74.6 Å². The van der Waals surface area contributed by atoms with Crippen molar-refractivity contribution in [1.29, 1.82) is 0 Å². The van der Waals surface area contributed by atoms with Crippen molar-refractivity contribution in [2.45, 2.75) is 54.8 Å². The van der Waals surface area contributed by atoms with Gasteiger partial charge in [-0.15, -0.1) is 13.2 Å². The fourth-order valence-electron chi connectivity index (χ4n) is 12.2. The molecular formula is C102H68ClF17O. The molecule has 608 valence electrons. The van der Waals surface area contributed by atoms with Crippen LogP contribution in [-0.4, -0.2) is 6.36 Å². The Morgan fingerprint density at radius 1 is 0.231 bits per heavy atom. The van der Waals surface area contributed by atoms with Gasteiger partial charge in [0.1, 0.15) is 45.7 Å². The first kappa shape index (κ1) is 88.1. The first-order valence-corrected chi connectivity index (χ1v) is 37.4.